The molecular weight excluding hydrogens is 552 g/mol. The molecule has 6 heteroatoms. The molecule has 0 amide bonds. The Balaban J connectivity index is 2.39. The van der Waals surface area contributed by atoms with Gasteiger partial charge in [0.05, 0.1) is 11.3 Å². The van der Waals surface area contributed by atoms with Gasteiger partial charge in [-0.25, -0.2) is 0 Å². The number of allylic oxidation sites excluding steroid dienone is 9. The Labute approximate surface area is 263 Å². The molecule has 238 valence electrons. The molecule has 1 aromatic carbocycles. The van der Waals surface area contributed by atoms with Gasteiger partial charge >= 0.3 is 0 Å². The van der Waals surface area contributed by atoms with Crippen LogP contribution in [0.15, 0.2) is 76.6 Å². The normalized spacial score (nSPS) is 23.2. The lowest BCUT2D eigenvalue weighted by Crippen LogP contribution is -2.56. The number of carbonyl (C=O) groups excluding carboxylic acids is 3. The van der Waals surface area contributed by atoms with Crippen molar-refractivity contribution in [3.05, 3.63) is 82.2 Å². The Morgan fingerprint density at radius 1 is 0.955 bits per heavy atom. The molecule has 0 spiro atoms. The first kappa shape index (κ1) is 34.8. The smallest absolute Gasteiger partial charge is 0.200 e. The van der Waals surface area contributed by atoms with Crippen LogP contribution in [0.25, 0.3) is 0 Å². The monoisotopic (exact) mass is 602 g/mol. The third-order valence-corrected chi connectivity index (χ3v) is 9.10. The molecule has 44 heavy (non-hydrogen) atoms. The number of rotatable bonds is 11. The van der Waals surface area contributed by atoms with Gasteiger partial charge in [-0.3, -0.25) is 14.4 Å². The molecule has 1 heterocycles. The van der Waals surface area contributed by atoms with E-state index in [-0.39, 0.29) is 46.7 Å². The van der Waals surface area contributed by atoms with Crippen molar-refractivity contribution >= 4 is 17.3 Å². The largest absolute Gasteiger partial charge is 0.504 e. The SMILES string of the molecule is C=C(C)C(CC=C(C)C)CC12CC(CC=C(C)C)C(C)(C)OC1=C(C(=O)c1ccc(O)c(O)c1)C(=O)C(CC=C(C)C)C2=O. The van der Waals surface area contributed by atoms with Gasteiger partial charge in [-0.15, -0.1) is 0 Å². The fraction of sp³-hybridized carbons (Fsp3) is 0.500. The second-order valence-corrected chi connectivity index (χ2v) is 14.0. The molecule has 3 rings (SSSR count). The zero-order valence-corrected chi connectivity index (χ0v) is 28.0. The van der Waals surface area contributed by atoms with Crippen LogP contribution in [-0.4, -0.2) is 33.2 Å². The number of ether oxygens (including phenoxy) is 1. The molecule has 2 N–H and O–H groups in total. The van der Waals surface area contributed by atoms with E-state index in [2.05, 4.69) is 18.7 Å². The van der Waals surface area contributed by atoms with Crippen molar-refractivity contribution in [1.82, 2.24) is 0 Å². The van der Waals surface area contributed by atoms with Crippen molar-refractivity contribution in [2.45, 2.75) is 100 Å². The Morgan fingerprint density at radius 2 is 1.55 bits per heavy atom. The van der Waals surface area contributed by atoms with Crippen molar-refractivity contribution < 1.29 is 29.3 Å². The van der Waals surface area contributed by atoms with Crippen molar-refractivity contribution in [2.24, 2.45) is 23.2 Å². The van der Waals surface area contributed by atoms with Crippen LogP contribution >= 0.6 is 0 Å². The van der Waals surface area contributed by atoms with Gasteiger partial charge in [-0.2, -0.15) is 0 Å². The van der Waals surface area contributed by atoms with Gasteiger partial charge in [0, 0.05) is 11.5 Å². The highest BCUT2D eigenvalue weighted by molar-refractivity contribution is 6.33. The average Bonchev–Trinajstić information content (AvgIpc) is 2.91. The molecular formula is C38H50O6. The predicted molar refractivity (Wildman–Crippen MR) is 175 cm³/mol. The zero-order valence-electron chi connectivity index (χ0n) is 28.0. The van der Waals surface area contributed by atoms with Crippen LogP contribution in [0, 0.1) is 23.2 Å². The first-order valence-corrected chi connectivity index (χ1v) is 15.6. The van der Waals surface area contributed by atoms with Gasteiger partial charge in [-0.05, 0) is 119 Å². The van der Waals surface area contributed by atoms with Crippen LogP contribution in [0.4, 0.5) is 0 Å². The third kappa shape index (κ3) is 7.34. The minimum Gasteiger partial charge on any atom is -0.504 e. The van der Waals surface area contributed by atoms with Crippen LogP contribution in [0.5, 0.6) is 11.5 Å². The van der Waals surface area contributed by atoms with E-state index in [0.29, 0.717) is 25.7 Å². The van der Waals surface area contributed by atoms with Crippen LogP contribution < -0.4 is 0 Å². The molecule has 0 radical (unpaired) electrons. The van der Waals surface area contributed by atoms with E-state index in [0.717, 1.165) is 28.4 Å². The molecule has 0 saturated carbocycles. The topological polar surface area (TPSA) is 101 Å². The summed E-state index contributed by atoms with van der Waals surface area (Å²) in [4.78, 5) is 43.5. The predicted octanol–water partition coefficient (Wildman–Crippen LogP) is 8.76. The van der Waals surface area contributed by atoms with E-state index in [1.54, 1.807) is 0 Å². The number of fused-ring (bicyclic) bond motifs is 1. The summed E-state index contributed by atoms with van der Waals surface area (Å²) >= 11 is 0. The van der Waals surface area contributed by atoms with Gasteiger partial charge in [0.15, 0.2) is 28.8 Å². The van der Waals surface area contributed by atoms with Crippen molar-refractivity contribution in [3.8, 4) is 11.5 Å². The lowest BCUT2D eigenvalue weighted by atomic mass is 9.56. The summed E-state index contributed by atoms with van der Waals surface area (Å²) in [5.74, 6) is -3.32. The molecule has 4 atom stereocenters. The Kier molecular flexibility index (Phi) is 10.7. The lowest BCUT2D eigenvalue weighted by molar-refractivity contribution is -0.157. The fourth-order valence-corrected chi connectivity index (χ4v) is 6.32. The summed E-state index contributed by atoms with van der Waals surface area (Å²) in [6, 6.07) is 3.75. The van der Waals surface area contributed by atoms with Gasteiger partial charge in [-0.1, -0.05) is 47.1 Å². The molecule has 1 aromatic rings. The number of phenolic OH excluding ortho intramolecular Hbond substituents is 2. The fourth-order valence-electron chi connectivity index (χ4n) is 6.32. The maximum Gasteiger partial charge on any atom is 0.200 e. The quantitative estimate of drug-likeness (QED) is 0.0863. The van der Waals surface area contributed by atoms with Crippen LogP contribution in [0.3, 0.4) is 0 Å². The van der Waals surface area contributed by atoms with Gasteiger partial charge in [0.25, 0.3) is 0 Å². The van der Waals surface area contributed by atoms with E-state index < -0.39 is 34.2 Å². The molecule has 0 bridgehead atoms. The van der Waals surface area contributed by atoms with Crippen molar-refractivity contribution in [3.63, 3.8) is 0 Å². The van der Waals surface area contributed by atoms with Gasteiger partial charge < -0.3 is 14.9 Å². The highest BCUT2D eigenvalue weighted by Gasteiger charge is 2.61. The molecule has 6 nitrogen and oxygen atoms in total. The van der Waals surface area contributed by atoms with E-state index in [4.69, 9.17) is 4.74 Å². The number of ketones is 3. The molecule has 0 aromatic heterocycles. The number of benzene rings is 1. The Bertz CT molecular complexity index is 1450. The maximum atomic E-state index is 14.9. The first-order chi connectivity index (χ1) is 20.4. The molecule has 2 aliphatic rings. The summed E-state index contributed by atoms with van der Waals surface area (Å²) < 4.78 is 6.77. The first-order valence-electron chi connectivity index (χ1n) is 15.6. The minimum atomic E-state index is -1.23. The summed E-state index contributed by atoms with van der Waals surface area (Å²) in [7, 11) is 0. The number of hydrogen-bond donors (Lipinski definition) is 2. The molecule has 1 aliphatic heterocycles. The number of Topliss-reactive ketones (excluding diaryl/α,β-unsaturated/α-hetero) is 3. The Hall–Kier alpha value is -3.67. The molecule has 1 fully saturated rings. The highest BCUT2D eigenvalue weighted by atomic mass is 16.5. The summed E-state index contributed by atoms with van der Waals surface area (Å²) in [5.41, 5.74) is 2.09. The number of phenols is 2. The average molecular weight is 603 g/mol. The van der Waals surface area contributed by atoms with Gasteiger partial charge in [0.2, 0.25) is 0 Å². The summed E-state index contributed by atoms with van der Waals surface area (Å²) in [6.45, 7) is 22.1. The van der Waals surface area contributed by atoms with Crippen molar-refractivity contribution in [2.75, 3.05) is 0 Å². The van der Waals surface area contributed by atoms with E-state index in [9.17, 15) is 24.6 Å². The number of aromatic hydroxyl groups is 2. The molecule has 1 aliphatic carbocycles. The lowest BCUT2D eigenvalue weighted by Gasteiger charge is -2.53. The number of hydrogen-bond acceptors (Lipinski definition) is 6. The Morgan fingerprint density at radius 3 is 2.09 bits per heavy atom. The number of carbonyl (C=O) groups is 3. The van der Waals surface area contributed by atoms with E-state index in [1.165, 1.54) is 12.1 Å². The van der Waals surface area contributed by atoms with Crippen LogP contribution in [0.1, 0.15) is 105 Å². The standard InChI is InChI=1S/C38H50O6/c1-22(2)11-14-27(25(7)8)20-38-21-28(16-12-23(3)4)37(9,10)44-36(38)32(33(41)26-15-18-30(39)31(40)19-26)34(42)29(35(38)43)17-13-24(5)6/h11-13,15,18-19,27-29,39-40H,7,14,16-17,20-21H2,1-6,8-10H3. The second kappa shape index (κ2) is 13.5. The van der Waals surface area contributed by atoms with Crippen molar-refractivity contribution in [1.29, 1.82) is 0 Å². The van der Waals surface area contributed by atoms with E-state index in [1.807, 2.05) is 68.4 Å². The maximum absolute atomic E-state index is 14.9. The zero-order chi connectivity index (χ0) is 33.1. The minimum absolute atomic E-state index is 0.0365. The molecule has 1 saturated heterocycles. The summed E-state index contributed by atoms with van der Waals surface area (Å²) in [6.07, 6.45) is 8.49. The second-order valence-electron chi connectivity index (χ2n) is 14.0. The third-order valence-electron chi connectivity index (χ3n) is 9.10. The highest BCUT2D eigenvalue weighted by Crippen LogP contribution is 2.57. The summed E-state index contributed by atoms with van der Waals surface area (Å²) in [5, 5.41) is 20.1. The molecule has 4 unspecified atom stereocenters. The van der Waals surface area contributed by atoms with E-state index >= 15 is 0 Å². The van der Waals surface area contributed by atoms with Gasteiger partial charge in [0.1, 0.15) is 16.9 Å². The van der Waals surface area contributed by atoms with Crippen LogP contribution in [0.2, 0.25) is 0 Å². The van der Waals surface area contributed by atoms with Crippen LogP contribution in [-0.2, 0) is 14.3 Å².